The molecule has 228 valence electrons. The maximum Gasteiger partial charge on any atom is 0.352 e. The van der Waals surface area contributed by atoms with E-state index in [-0.39, 0.29) is 46.8 Å². The smallest absolute Gasteiger partial charge is 0.352 e. The molecular formula is C28H22F5NO9. The fourth-order valence-corrected chi connectivity index (χ4v) is 4.04. The number of esters is 1. The molecule has 0 aliphatic carbocycles. The number of benzene rings is 3. The van der Waals surface area contributed by atoms with E-state index < -0.39 is 47.4 Å². The number of halogens is 5. The molecule has 0 unspecified atom stereocenters. The van der Waals surface area contributed by atoms with E-state index in [1.54, 1.807) is 12.1 Å². The fourth-order valence-electron chi connectivity index (χ4n) is 4.04. The number of hydrogen-bond donors (Lipinski definition) is 1. The molecule has 15 heteroatoms. The van der Waals surface area contributed by atoms with Crippen LogP contribution in [0.25, 0.3) is 5.57 Å². The Morgan fingerprint density at radius 2 is 1.47 bits per heavy atom. The van der Waals surface area contributed by atoms with Crippen LogP contribution in [0, 0.1) is 29.1 Å². The molecular weight excluding hydrogens is 589 g/mol. The number of phenolic OH excluding ortho intramolecular Hbond substituents is 1. The van der Waals surface area contributed by atoms with Crippen LogP contribution >= 0.6 is 0 Å². The summed E-state index contributed by atoms with van der Waals surface area (Å²) in [7, 11) is 5.57. The van der Waals surface area contributed by atoms with Gasteiger partial charge in [-0.3, -0.25) is 0 Å². The van der Waals surface area contributed by atoms with Crippen molar-refractivity contribution in [3.63, 3.8) is 0 Å². The predicted octanol–water partition coefficient (Wildman–Crippen LogP) is 4.92. The van der Waals surface area contributed by atoms with Crippen molar-refractivity contribution in [1.82, 2.24) is 0 Å². The van der Waals surface area contributed by atoms with Gasteiger partial charge in [-0.05, 0) is 35.4 Å². The molecule has 0 spiro atoms. The molecule has 1 heterocycles. The lowest BCUT2D eigenvalue weighted by molar-refractivity contribution is -0.139. The summed E-state index contributed by atoms with van der Waals surface area (Å²) in [5, 5.41) is 14.2. The molecule has 0 saturated heterocycles. The van der Waals surface area contributed by atoms with Crippen molar-refractivity contribution in [1.29, 1.82) is 0 Å². The second-order valence-corrected chi connectivity index (χ2v) is 8.48. The number of nitrogens with zero attached hydrogens (tertiary/aromatic N) is 1. The summed E-state index contributed by atoms with van der Waals surface area (Å²) in [6.07, 6.45) is 1.48. The van der Waals surface area contributed by atoms with Gasteiger partial charge in [0.25, 0.3) is 0 Å². The van der Waals surface area contributed by atoms with Crippen molar-refractivity contribution < 1.29 is 65.1 Å². The number of carbonyl (C=O) groups is 1. The highest BCUT2D eigenvalue weighted by Crippen LogP contribution is 2.50. The zero-order valence-electron chi connectivity index (χ0n) is 22.9. The van der Waals surface area contributed by atoms with Gasteiger partial charge in [0.05, 0.1) is 28.4 Å². The minimum Gasteiger partial charge on any atom is -0.504 e. The molecule has 10 nitrogen and oxygen atoms in total. The van der Waals surface area contributed by atoms with Gasteiger partial charge in [-0.1, -0.05) is 11.2 Å². The first-order valence-corrected chi connectivity index (χ1v) is 12.0. The van der Waals surface area contributed by atoms with Gasteiger partial charge in [-0.15, -0.1) is 0 Å². The first-order chi connectivity index (χ1) is 20.6. The van der Waals surface area contributed by atoms with Gasteiger partial charge in [-0.2, -0.15) is 8.78 Å². The van der Waals surface area contributed by atoms with Gasteiger partial charge in [-0.25, -0.2) is 18.0 Å². The highest BCUT2D eigenvalue weighted by molar-refractivity contribution is 6.06. The first kappa shape index (κ1) is 30.7. The molecule has 3 aromatic carbocycles. The topological polar surface area (TPSA) is 114 Å². The number of hydrogen-bond acceptors (Lipinski definition) is 10. The van der Waals surface area contributed by atoms with Gasteiger partial charge < -0.3 is 38.4 Å². The molecule has 1 aliphatic heterocycles. The Morgan fingerprint density at radius 1 is 0.837 bits per heavy atom. The molecule has 3 aromatic rings. The summed E-state index contributed by atoms with van der Waals surface area (Å²) < 4.78 is 99.6. The Bertz CT molecular complexity index is 1610. The fraction of sp³-hybridized carbons (Fsp3) is 0.214. The lowest BCUT2D eigenvalue weighted by atomic mass is 9.95. The van der Waals surface area contributed by atoms with Crippen molar-refractivity contribution in [2.75, 3.05) is 41.7 Å². The van der Waals surface area contributed by atoms with E-state index in [0.717, 1.165) is 0 Å². The summed E-state index contributed by atoms with van der Waals surface area (Å²) in [5.74, 6) is -14.1. The predicted molar refractivity (Wildman–Crippen MR) is 139 cm³/mol. The van der Waals surface area contributed by atoms with Crippen LogP contribution in [0.4, 0.5) is 22.0 Å². The maximum atomic E-state index is 13.9. The van der Waals surface area contributed by atoms with Crippen LogP contribution in [-0.2, 0) is 9.63 Å². The molecule has 43 heavy (non-hydrogen) atoms. The van der Waals surface area contributed by atoms with Gasteiger partial charge in [0.1, 0.15) is 12.3 Å². The van der Waals surface area contributed by atoms with E-state index in [1.165, 1.54) is 46.6 Å². The third kappa shape index (κ3) is 5.91. The lowest BCUT2D eigenvalue weighted by Crippen LogP contribution is -2.18. The van der Waals surface area contributed by atoms with Crippen LogP contribution < -0.4 is 28.4 Å². The van der Waals surface area contributed by atoms with E-state index in [4.69, 9.17) is 28.5 Å². The number of carbonyl (C=O) groups excluding carboxylic acids is 1. The van der Waals surface area contributed by atoms with Gasteiger partial charge in [0.2, 0.25) is 52.9 Å². The van der Waals surface area contributed by atoms with Crippen molar-refractivity contribution in [2.24, 2.45) is 5.16 Å². The summed E-state index contributed by atoms with van der Waals surface area (Å²) in [4.78, 5) is 17.1. The molecule has 0 saturated carbocycles. The Hall–Kier alpha value is -5.21. The van der Waals surface area contributed by atoms with Crippen LogP contribution in [0.1, 0.15) is 11.1 Å². The lowest BCUT2D eigenvalue weighted by Gasteiger charge is -2.19. The third-order valence-corrected chi connectivity index (χ3v) is 5.99. The highest BCUT2D eigenvalue weighted by Gasteiger charge is 2.30. The number of aromatic hydroxyl groups is 1. The van der Waals surface area contributed by atoms with Crippen molar-refractivity contribution >= 4 is 17.3 Å². The Labute approximate surface area is 240 Å². The second-order valence-electron chi connectivity index (χ2n) is 8.48. The second kappa shape index (κ2) is 12.8. The standard InChI is InChI=1S/C28H22F5NO9/c1-37-17-6-5-12(7-16(17)35)14-8-13(10-41-25-15(14)9-18(38-2)26(39-3)28(25)40-4)34-42-11-19(36)43-27-23(32)21(30)20(29)22(31)24(27)33/h5-9,35H,10-11H2,1-4H3. The van der Waals surface area contributed by atoms with Gasteiger partial charge in [0, 0.05) is 5.56 Å². The summed E-state index contributed by atoms with van der Waals surface area (Å²) in [6, 6.07) is 6.14. The van der Waals surface area contributed by atoms with E-state index in [1.807, 2.05) is 0 Å². The Morgan fingerprint density at radius 3 is 2.05 bits per heavy atom. The summed E-state index contributed by atoms with van der Waals surface area (Å²) in [6.45, 7) is -1.37. The zero-order chi connectivity index (χ0) is 31.4. The summed E-state index contributed by atoms with van der Waals surface area (Å²) >= 11 is 0. The molecule has 0 radical (unpaired) electrons. The number of oxime groups is 1. The SMILES string of the molecule is COc1ccc(C2=CC(=NOCC(=O)Oc3c(F)c(F)c(F)c(F)c3F)COc3c2cc(OC)c(OC)c3OC)cc1O. The van der Waals surface area contributed by atoms with E-state index >= 15 is 0 Å². The summed E-state index contributed by atoms with van der Waals surface area (Å²) in [5.41, 5.74) is 1.30. The van der Waals surface area contributed by atoms with Crippen molar-refractivity contribution in [3.05, 3.63) is 70.6 Å². The molecule has 0 atom stereocenters. The molecule has 0 amide bonds. The Balaban J connectivity index is 1.69. The number of ether oxygens (including phenoxy) is 6. The molecule has 0 aromatic heterocycles. The Kier molecular flexibility index (Phi) is 9.12. The van der Waals surface area contributed by atoms with E-state index in [9.17, 15) is 31.9 Å². The number of methoxy groups -OCH3 is 4. The van der Waals surface area contributed by atoms with Crippen LogP contribution in [0.15, 0.2) is 35.5 Å². The minimum atomic E-state index is -2.41. The van der Waals surface area contributed by atoms with Gasteiger partial charge in [0.15, 0.2) is 23.0 Å². The average Bonchev–Trinajstić information content (AvgIpc) is 3.19. The zero-order valence-corrected chi connectivity index (χ0v) is 22.9. The van der Waals surface area contributed by atoms with Crippen molar-refractivity contribution in [2.45, 2.75) is 0 Å². The molecule has 1 N–H and O–H groups in total. The van der Waals surface area contributed by atoms with Crippen molar-refractivity contribution in [3.8, 4) is 40.2 Å². The van der Waals surface area contributed by atoms with Gasteiger partial charge >= 0.3 is 5.97 Å². The maximum absolute atomic E-state index is 13.9. The number of rotatable bonds is 9. The largest absolute Gasteiger partial charge is 0.504 e. The highest BCUT2D eigenvalue weighted by atomic mass is 19.2. The molecule has 4 rings (SSSR count). The monoisotopic (exact) mass is 611 g/mol. The van der Waals surface area contributed by atoms with Crippen LogP contribution in [-0.4, -0.2) is 58.4 Å². The number of phenols is 1. The minimum absolute atomic E-state index is 0.0468. The normalized spacial score (nSPS) is 13.3. The average molecular weight is 611 g/mol. The van der Waals surface area contributed by atoms with Crippen LogP contribution in [0.5, 0.6) is 40.2 Å². The van der Waals surface area contributed by atoms with E-state index in [0.29, 0.717) is 16.7 Å². The molecule has 0 bridgehead atoms. The van der Waals surface area contributed by atoms with Crippen LogP contribution in [0.3, 0.4) is 0 Å². The quantitative estimate of drug-likeness (QED) is 0.0899. The third-order valence-electron chi connectivity index (χ3n) is 5.99. The number of fused-ring (bicyclic) bond motifs is 1. The van der Waals surface area contributed by atoms with Crippen LogP contribution in [0.2, 0.25) is 0 Å². The molecule has 1 aliphatic rings. The first-order valence-electron chi connectivity index (χ1n) is 12.0. The molecule has 0 fully saturated rings. The van der Waals surface area contributed by atoms with E-state index in [2.05, 4.69) is 9.89 Å².